The molecule has 3 aliphatic rings. The number of carbonyl (C=O) groups excluding carboxylic acids is 2. The quantitative estimate of drug-likeness (QED) is 0.467. The molecule has 0 unspecified atom stereocenters. The first-order valence-electron chi connectivity index (χ1n) is 11.8. The molecule has 0 aliphatic carbocycles. The van der Waals surface area contributed by atoms with E-state index in [0.717, 1.165) is 44.6 Å². The highest BCUT2D eigenvalue weighted by Crippen LogP contribution is 2.42. The molecule has 4 rings (SSSR count). The van der Waals surface area contributed by atoms with Gasteiger partial charge in [0.25, 0.3) is 12.9 Å². The molecule has 3 heterocycles. The second kappa shape index (κ2) is 13.8. The van der Waals surface area contributed by atoms with E-state index >= 15 is 0 Å². The van der Waals surface area contributed by atoms with E-state index in [2.05, 4.69) is 34.9 Å². The van der Waals surface area contributed by atoms with Crippen LogP contribution in [0.15, 0.2) is 24.3 Å². The molecule has 1 aromatic carbocycles. The normalized spacial score (nSPS) is 25.3. The standard InChI is InChI=1S/C23H33N3O3.2CH2O2/c1-24(2)15-21-19-11-18(20-8-5-9-22(27)26(20)21)13-25(14-19)12-16-6-4-7-17(10-16)23(28)29-3;2*2-1-3/h4,6-7,10,18-21H,5,8-9,11-15H2,1-3H3;2*1H,(H,2,3)/t18-,19+,20+,21+;;/m1../s1. The van der Waals surface area contributed by atoms with E-state index < -0.39 is 0 Å². The van der Waals surface area contributed by atoms with Crippen LogP contribution >= 0.6 is 0 Å². The van der Waals surface area contributed by atoms with Gasteiger partial charge in [0.05, 0.1) is 12.7 Å². The molecule has 0 spiro atoms. The van der Waals surface area contributed by atoms with E-state index in [1.54, 1.807) is 6.07 Å². The molecule has 2 N–H and O–H groups in total. The molecule has 3 aliphatic heterocycles. The van der Waals surface area contributed by atoms with Crippen LogP contribution < -0.4 is 0 Å². The lowest BCUT2D eigenvalue weighted by molar-refractivity contribution is -0.153. The van der Waals surface area contributed by atoms with Gasteiger partial charge in [-0.2, -0.15) is 0 Å². The van der Waals surface area contributed by atoms with Crippen LogP contribution in [-0.4, -0.2) is 103 Å². The Morgan fingerprint density at radius 3 is 2.46 bits per heavy atom. The van der Waals surface area contributed by atoms with Gasteiger partial charge in [0.2, 0.25) is 5.91 Å². The lowest BCUT2D eigenvalue weighted by Crippen LogP contribution is -2.66. The van der Waals surface area contributed by atoms with Gasteiger partial charge in [0.15, 0.2) is 0 Å². The fraction of sp³-hybridized carbons (Fsp3) is 0.600. The van der Waals surface area contributed by atoms with Gasteiger partial charge in [-0.3, -0.25) is 19.3 Å². The average molecular weight is 492 g/mol. The number of methoxy groups -OCH3 is 1. The Morgan fingerprint density at radius 1 is 1.17 bits per heavy atom. The number of nitrogens with zero attached hydrogens (tertiary/aromatic N) is 3. The monoisotopic (exact) mass is 491 g/mol. The molecule has 35 heavy (non-hydrogen) atoms. The number of likely N-dealkylation sites (tertiary alicyclic amines) is 1. The summed E-state index contributed by atoms with van der Waals surface area (Å²) in [6.45, 7) is 3.31. The number of carboxylic acid groups (broad SMARTS) is 2. The number of ether oxygens (including phenoxy) is 1. The summed E-state index contributed by atoms with van der Waals surface area (Å²) >= 11 is 0. The lowest BCUT2D eigenvalue weighted by atomic mass is 9.72. The Hall–Kier alpha value is -2.98. The maximum Gasteiger partial charge on any atom is 0.337 e. The van der Waals surface area contributed by atoms with Crippen LogP contribution in [0, 0.1) is 11.8 Å². The SMILES string of the molecule is COC(=O)c1cccc(CN2C[C@H]3C[C@@H](C2)[C@H](CN(C)C)N2C(=O)CCC[C@@H]32)c1.O=CO.O=CO. The largest absolute Gasteiger partial charge is 0.483 e. The van der Waals surface area contributed by atoms with Gasteiger partial charge in [-0.1, -0.05) is 12.1 Å². The van der Waals surface area contributed by atoms with Gasteiger partial charge in [0, 0.05) is 44.7 Å². The van der Waals surface area contributed by atoms with Gasteiger partial charge < -0.3 is 24.7 Å². The molecule has 194 valence electrons. The summed E-state index contributed by atoms with van der Waals surface area (Å²) in [5.74, 6) is 1.14. The van der Waals surface area contributed by atoms with Crippen LogP contribution in [-0.2, 0) is 25.7 Å². The number of benzene rings is 1. The summed E-state index contributed by atoms with van der Waals surface area (Å²) < 4.78 is 4.87. The number of hydrogen-bond donors (Lipinski definition) is 2. The van der Waals surface area contributed by atoms with E-state index in [0.29, 0.717) is 41.8 Å². The third-order valence-electron chi connectivity index (χ3n) is 6.88. The molecular weight excluding hydrogens is 454 g/mol. The molecular formula is C25H37N3O7. The van der Waals surface area contributed by atoms with Crippen molar-refractivity contribution in [1.82, 2.24) is 14.7 Å². The van der Waals surface area contributed by atoms with E-state index in [1.807, 2.05) is 12.1 Å². The van der Waals surface area contributed by atoms with E-state index in [9.17, 15) is 9.59 Å². The number of esters is 1. The van der Waals surface area contributed by atoms with Crippen molar-refractivity contribution in [3.8, 4) is 0 Å². The van der Waals surface area contributed by atoms with Gasteiger partial charge in [0.1, 0.15) is 0 Å². The van der Waals surface area contributed by atoms with Crippen molar-refractivity contribution in [2.45, 2.75) is 44.3 Å². The number of likely N-dealkylation sites (N-methyl/N-ethyl adjacent to an activating group) is 1. The van der Waals surface area contributed by atoms with Gasteiger partial charge in [-0.25, -0.2) is 4.79 Å². The molecule has 1 aromatic rings. The minimum absolute atomic E-state index is 0.250. The zero-order chi connectivity index (χ0) is 26.0. The highest BCUT2D eigenvalue weighted by atomic mass is 16.5. The Morgan fingerprint density at radius 2 is 1.83 bits per heavy atom. The lowest BCUT2D eigenvalue weighted by Gasteiger charge is -2.57. The number of fused-ring (bicyclic) bond motifs is 4. The number of carbonyl (C=O) groups is 4. The summed E-state index contributed by atoms with van der Waals surface area (Å²) in [6, 6.07) is 8.47. The summed E-state index contributed by atoms with van der Waals surface area (Å²) in [5.41, 5.74) is 1.75. The first kappa shape index (κ1) is 28.3. The summed E-state index contributed by atoms with van der Waals surface area (Å²) in [4.78, 5) is 48.4. The number of amides is 1. The van der Waals surface area contributed by atoms with Crippen molar-refractivity contribution in [2.75, 3.05) is 40.8 Å². The summed E-state index contributed by atoms with van der Waals surface area (Å²) in [7, 11) is 5.63. The third kappa shape index (κ3) is 7.50. The van der Waals surface area contributed by atoms with Crippen LogP contribution in [0.3, 0.4) is 0 Å². The van der Waals surface area contributed by atoms with E-state index in [1.165, 1.54) is 13.5 Å². The van der Waals surface area contributed by atoms with Crippen LogP contribution in [0.1, 0.15) is 41.6 Å². The van der Waals surface area contributed by atoms with Crippen LogP contribution in [0.2, 0.25) is 0 Å². The molecule has 10 nitrogen and oxygen atoms in total. The predicted molar refractivity (Wildman–Crippen MR) is 129 cm³/mol. The summed E-state index contributed by atoms with van der Waals surface area (Å²) in [6.07, 6.45) is 4.10. The number of rotatable bonds is 5. The van der Waals surface area contributed by atoms with Gasteiger partial charge in [-0.15, -0.1) is 0 Å². The first-order valence-corrected chi connectivity index (χ1v) is 11.8. The topological polar surface area (TPSA) is 128 Å². The van der Waals surface area contributed by atoms with Crippen molar-refractivity contribution < 1.29 is 34.1 Å². The second-order valence-corrected chi connectivity index (χ2v) is 9.44. The Kier molecular flexibility index (Phi) is 11.1. The van der Waals surface area contributed by atoms with Crippen LogP contribution in [0.4, 0.5) is 0 Å². The minimum atomic E-state index is -0.287. The Labute approximate surface area is 206 Å². The molecule has 3 fully saturated rings. The molecule has 3 saturated heterocycles. The summed E-state index contributed by atoms with van der Waals surface area (Å²) in [5, 5.41) is 13.8. The number of piperidine rings is 3. The van der Waals surface area contributed by atoms with E-state index in [4.69, 9.17) is 24.5 Å². The van der Waals surface area contributed by atoms with Crippen molar-refractivity contribution in [1.29, 1.82) is 0 Å². The van der Waals surface area contributed by atoms with Gasteiger partial charge in [-0.05, 0) is 62.9 Å². The van der Waals surface area contributed by atoms with Crippen LogP contribution in [0.5, 0.6) is 0 Å². The van der Waals surface area contributed by atoms with Crippen molar-refractivity contribution in [3.63, 3.8) is 0 Å². The smallest absolute Gasteiger partial charge is 0.337 e. The van der Waals surface area contributed by atoms with Crippen molar-refractivity contribution in [2.24, 2.45) is 11.8 Å². The van der Waals surface area contributed by atoms with Gasteiger partial charge >= 0.3 is 5.97 Å². The van der Waals surface area contributed by atoms with Crippen LogP contribution in [0.25, 0.3) is 0 Å². The molecule has 2 bridgehead atoms. The van der Waals surface area contributed by atoms with Crippen molar-refractivity contribution >= 4 is 24.8 Å². The molecule has 10 heteroatoms. The Bertz CT molecular complexity index is 857. The highest BCUT2D eigenvalue weighted by Gasteiger charge is 2.49. The fourth-order valence-electron chi connectivity index (χ4n) is 5.78. The third-order valence-corrected chi connectivity index (χ3v) is 6.88. The molecule has 0 aromatic heterocycles. The molecule has 4 atom stereocenters. The zero-order valence-electron chi connectivity index (χ0n) is 20.7. The minimum Gasteiger partial charge on any atom is -0.483 e. The first-order chi connectivity index (χ1) is 16.8. The molecule has 0 saturated carbocycles. The maximum atomic E-state index is 12.8. The Balaban J connectivity index is 0.000000655. The zero-order valence-corrected chi connectivity index (χ0v) is 20.7. The maximum absolute atomic E-state index is 12.8. The second-order valence-electron chi connectivity index (χ2n) is 9.44. The highest BCUT2D eigenvalue weighted by molar-refractivity contribution is 5.89. The van der Waals surface area contributed by atoms with Crippen molar-refractivity contribution in [3.05, 3.63) is 35.4 Å². The fourth-order valence-corrected chi connectivity index (χ4v) is 5.78. The number of hydrogen-bond acceptors (Lipinski definition) is 7. The van der Waals surface area contributed by atoms with E-state index in [-0.39, 0.29) is 18.9 Å². The average Bonchev–Trinajstić information content (AvgIpc) is 2.82. The molecule has 0 radical (unpaired) electrons. The predicted octanol–water partition coefficient (Wildman–Crippen LogP) is 1.64. The molecule has 1 amide bonds.